The van der Waals surface area contributed by atoms with Gasteiger partial charge in [0.2, 0.25) is 0 Å². The minimum Gasteiger partial charge on any atom is -0.414 e. The zero-order chi connectivity index (χ0) is 25.9. The van der Waals surface area contributed by atoms with Gasteiger partial charge in [0, 0.05) is 12.0 Å². The summed E-state index contributed by atoms with van der Waals surface area (Å²) < 4.78 is 21.0. The SMILES string of the molecule is CSCO[C@H]1C[C@@H](n2cnc3c(NC(=O)c4ccccc4)ncnc32)O[C@H]1CO[Si](C)(C)C(C)(C)C. The summed E-state index contributed by atoms with van der Waals surface area (Å²) >= 11 is 1.64. The predicted octanol–water partition coefficient (Wildman–Crippen LogP) is 5.09. The lowest BCUT2D eigenvalue weighted by Crippen LogP contribution is -2.44. The van der Waals surface area contributed by atoms with Crippen LogP contribution in [0.25, 0.3) is 11.2 Å². The first-order valence-electron chi connectivity index (χ1n) is 12.0. The Hall–Kier alpha value is -2.31. The van der Waals surface area contributed by atoms with E-state index in [2.05, 4.69) is 54.1 Å². The minimum atomic E-state index is -1.94. The molecule has 194 valence electrons. The Labute approximate surface area is 217 Å². The molecule has 4 rings (SSSR count). The number of fused-ring (bicyclic) bond motifs is 1. The lowest BCUT2D eigenvalue weighted by molar-refractivity contribution is -0.0507. The van der Waals surface area contributed by atoms with Crippen molar-refractivity contribution in [3.8, 4) is 0 Å². The number of nitrogens with zero attached hydrogens (tertiary/aromatic N) is 4. The van der Waals surface area contributed by atoms with E-state index in [9.17, 15) is 4.79 Å². The molecule has 1 amide bonds. The van der Waals surface area contributed by atoms with Crippen LogP contribution in [0.1, 0.15) is 43.8 Å². The zero-order valence-electron chi connectivity index (χ0n) is 21.7. The molecule has 36 heavy (non-hydrogen) atoms. The second kappa shape index (κ2) is 11.0. The third-order valence-electron chi connectivity index (χ3n) is 6.93. The number of imidazole rings is 1. The molecule has 3 atom stereocenters. The van der Waals surface area contributed by atoms with Crippen LogP contribution in [0.4, 0.5) is 5.82 Å². The normalized spacial score (nSPS) is 20.7. The summed E-state index contributed by atoms with van der Waals surface area (Å²) in [5, 5.41) is 2.96. The topological polar surface area (TPSA) is 100 Å². The van der Waals surface area contributed by atoms with Gasteiger partial charge in [-0.05, 0) is 36.5 Å². The molecule has 1 saturated heterocycles. The Morgan fingerprint density at radius 1 is 1.22 bits per heavy atom. The molecule has 0 aliphatic carbocycles. The highest BCUT2D eigenvalue weighted by atomic mass is 32.2. The van der Waals surface area contributed by atoms with E-state index in [1.54, 1.807) is 30.2 Å². The molecular weight excluding hydrogens is 494 g/mol. The monoisotopic (exact) mass is 529 g/mol. The Kier molecular flexibility index (Phi) is 8.15. The molecule has 1 fully saturated rings. The van der Waals surface area contributed by atoms with Gasteiger partial charge in [-0.15, -0.1) is 11.8 Å². The molecule has 0 bridgehead atoms. The summed E-state index contributed by atoms with van der Waals surface area (Å²) in [4.78, 5) is 25.9. The fourth-order valence-electron chi connectivity index (χ4n) is 3.78. The highest BCUT2D eigenvalue weighted by molar-refractivity contribution is 7.98. The second-order valence-corrected chi connectivity index (χ2v) is 16.0. The van der Waals surface area contributed by atoms with E-state index < -0.39 is 8.32 Å². The number of carbonyl (C=O) groups excluding carboxylic acids is 1. The number of nitrogens with one attached hydrogen (secondary N) is 1. The van der Waals surface area contributed by atoms with Crippen LogP contribution in [-0.2, 0) is 13.9 Å². The third-order valence-corrected chi connectivity index (χ3v) is 11.8. The van der Waals surface area contributed by atoms with Crippen LogP contribution in [0.3, 0.4) is 0 Å². The molecule has 0 saturated carbocycles. The van der Waals surface area contributed by atoms with E-state index in [1.807, 2.05) is 29.0 Å². The first-order chi connectivity index (χ1) is 17.1. The molecule has 1 aliphatic rings. The van der Waals surface area contributed by atoms with Crippen molar-refractivity contribution in [2.45, 2.75) is 63.8 Å². The number of hydrogen-bond donors (Lipinski definition) is 1. The summed E-state index contributed by atoms with van der Waals surface area (Å²) in [6.07, 6.45) is 5.15. The summed E-state index contributed by atoms with van der Waals surface area (Å²) in [6, 6.07) is 9.00. The van der Waals surface area contributed by atoms with Crippen LogP contribution in [0.15, 0.2) is 43.0 Å². The average Bonchev–Trinajstić information content (AvgIpc) is 3.46. The van der Waals surface area contributed by atoms with E-state index in [-0.39, 0.29) is 29.4 Å². The van der Waals surface area contributed by atoms with Crippen molar-refractivity contribution in [1.29, 1.82) is 0 Å². The van der Waals surface area contributed by atoms with Crippen LogP contribution < -0.4 is 5.32 Å². The molecule has 2 aromatic heterocycles. The molecule has 9 nitrogen and oxygen atoms in total. The van der Waals surface area contributed by atoms with E-state index in [0.717, 1.165) is 0 Å². The fourth-order valence-corrected chi connectivity index (χ4v) is 5.11. The molecule has 0 radical (unpaired) electrons. The molecule has 0 spiro atoms. The standard InChI is InChI=1S/C25H35N5O4SSi/c1-25(2,3)36(5,6)33-13-19-18(32-16-35-4)12-20(34-19)30-15-28-21-22(26-14-27-23(21)30)29-24(31)17-10-8-7-9-11-17/h7-11,14-15,18-20H,12-13,16H2,1-6H3,(H,26,27,29,31)/t18-,19-,20-/m0/s1. The van der Waals surface area contributed by atoms with Crippen LogP contribution in [0, 0.1) is 0 Å². The van der Waals surface area contributed by atoms with E-state index in [4.69, 9.17) is 13.9 Å². The van der Waals surface area contributed by atoms with Crippen molar-refractivity contribution in [2.75, 3.05) is 24.1 Å². The lowest BCUT2D eigenvalue weighted by Gasteiger charge is -2.37. The van der Waals surface area contributed by atoms with E-state index in [1.165, 1.54) is 6.33 Å². The molecule has 1 aromatic carbocycles. The van der Waals surface area contributed by atoms with Gasteiger partial charge in [-0.25, -0.2) is 15.0 Å². The van der Waals surface area contributed by atoms with Gasteiger partial charge in [-0.3, -0.25) is 9.36 Å². The highest BCUT2D eigenvalue weighted by Crippen LogP contribution is 2.39. The maximum Gasteiger partial charge on any atom is 0.256 e. The van der Waals surface area contributed by atoms with Crippen molar-refractivity contribution in [3.63, 3.8) is 0 Å². The maximum atomic E-state index is 12.7. The molecule has 3 aromatic rings. The minimum absolute atomic E-state index is 0.108. The number of ether oxygens (including phenoxy) is 2. The van der Waals surface area contributed by atoms with Crippen molar-refractivity contribution >= 4 is 43.0 Å². The number of rotatable bonds is 9. The number of hydrogen-bond acceptors (Lipinski definition) is 8. The van der Waals surface area contributed by atoms with Gasteiger partial charge in [-0.1, -0.05) is 39.0 Å². The molecule has 1 N–H and O–H groups in total. The Morgan fingerprint density at radius 2 is 1.97 bits per heavy atom. The molecule has 3 heterocycles. The number of aromatic nitrogens is 4. The number of benzene rings is 1. The van der Waals surface area contributed by atoms with Crippen LogP contribution >= 0.6 is 11.8 Å². The molecule has 1 aliphatic heterocycles. The Bertz CT molecular complexity index is 1180. The van der Waals surface area contributed by atoms with Crippen molar-refractivity contribution in [1.82, 2.24) is 19.5 Å². The maximum absolute atomic E-state index is 12.7. The molecular formula is C25H35N5O4SSi. The quantitative estimate of drug-likeness (QED) is 0.302. The Morgan fingerprint density at radius 3 is 2.67 bits per heavy atom. The van der Waals surface area contributed by atoms with Crippen molar-refractivity contribution in [3.05, 3.63) is 48.5 Å². The van der Waals surface area contributed by atoms with Crippen molar-refractivity contribution in [2.24, 2.45) is 0 Å². The van der Waals surface area contributed by atoms with E-state index >= 15 is 0 Å². The van der Waals surface area contributed by atoms with E-state index in [0.29, 0.717) is 41.5 Å². The summed E-state index contributed by atoms with van der Waals surface area (Å²) in [5.41, 5.74) is 1.64. The predicted molar refractivity (Wildman–Crippen MR) is 145 cm³/mol. The van der Waals surface area contributed by atoms with Gasteiger partial charge in [-0.2, -0.15) is 0 Å². The number of anilines is 1. The van der Waals surface area contributed by atoms with Gasteiger partial charge >= 0.3 is 0 Å². The number of amides is 1. The van der Waals surface area contributed by atoms with Gasteiger partial charge in [0.15, 0.2) is 25.3 Å². The number of thioether (sulfide) groups is 1. The van der Waals surface area contributed by atoms with Gasteiger partial charge < -0.3 is 19.2 Å². The highest BCUT2D eigenvalue weighted by Gasteiger charge is 2.42. The van der Waals surface area contributed by atoms with Gasteiger partial charge in [0.1, 0.15) is 18.7 Å². The van der Waals surface area contributed by atoms with Gasteiger partial charge in [0.25, 0.3) is 5.91 Å². The van der Waals surface area contributed by atoms with Crippen molar-refractivity contribution < 1.29 is 18.7 Å². The molecule has 11 heteroatoms. The smallest absolute Gasteiger partial charge is 0.256 e. The third kappa shape index (κ3) is 5.81. The largest absolute Gasteiger partial charge is 0.414 e. The summed E-state index contributed by atoms with van der Waals surface area (Å²) in [7, 11) is -1.94. The summed E-state index contributed by atoms with van der Waals surface area (Å²) in [6.45, 7) is 11.6. The first kappa shape index (κ1) is 26.7. The second-order valence-electron chi connectivity index (χ2n) is 10.4. The summed E-state index contributed by atoms with van der Waals surface area (Å²) in [5.74, 6) is 0.689. The van der Waals surface area contributed by atoms with Crippen LogP contribution in [0.2, 0.25) is 18.1 Å². The van der Waals surface area contributed by atoms with Crippen LogP contribution in [0.5, 0.6) is 0 Å². The lowest BCUT2D eigenvalue weighted by atomic mass is 10.2. The molecule has 0 unspecified atom stereocenters. The van der Waals surface area contributed by atoms with Crippen LogP contribution in [-0.4, -0.2) is 64.8 Å². The Balaban J connectivity index is 1.53. The average molecular weight is 530 g/mol. The van der Waals surface area contributed by atoms with Gasteiger partial charge in [0.05, 0.1) is 25.0 Å². The number of carbonyl (C=O) groups is 1. The fraction of sp³-hybridized carbons (Fsp3) is 0.520. The zero-order valence-corrected chi connectivity index (χ0v) is 23.5. The first-order valence-corrected chi connectivity index (χ1v) is 16.3.